The molecule has 0 aliphatic heterocycles. The van der Waals surface area contributed by atoms with Crippen molar-refractivity contribution in [3.63, 3.8) is 0 Å². The number of hydrogen-bond acceptors (Lipinski definition) is 3. The van der Waals surface area contributed by atoms with Crippen LogP contribution in [0.2, 0.25) is 0 Å². The van der Waals surface area contributed by atoms with Gasteiger partial charge in [-0.1, -0.05) is 42.5 Å². The lowest BCUT2D eigenvalue weighted by Gasteiger charge is -2.00. The van der Waals surface area contributed by atoms with Crippen LogP contribution in [-0.4, -0.2) is 11.6 Å². The first-order valence-electron chi connectivity index (χ1n) is 8.02. The molecule has 5 rings (SSSR count). The molecule has 3 nitrogen and oxygen atoms in total. The highest BCUT2D eigenvalue weighted by Gasteiger charge is 2.33. The van der Waals surface area contributed by atoms with Crippen molar-refractivity contribution in [1.82, 2.24) is 0 Å². The number of ketones is 2. The molecule has 0 N–H and O–H groups in total. The molecule has 118 valence electrons. The van der Waals surface area contributed by atoms with E-state index in [-0.39, 0.29) is 17.1 Å². The predicted molar refractivity (Wildman–Crippen MR) is 96.8 cm³/mol. The van der Waals surface area contributed by atoms with Crippen LogP contribution in [0.15, 0.2) is 76.9 Å². The SMILES string of the molecule is O=C1C(=Cc2coc3ccccc23)C(=O)c2cc3ccccc3cc21. The van der Waals surface area contributed by atoms with Gasteiger partial charge in [-0.25, -0.2) is 0 Å². The van der Waals surface area contributed by atoms with Crippen molar-refractivity contribution < 1.29 is 14.0 Å². The Bertz CT molecular complexity index is 1170. The monoisotopic (exact) mass is 324 g/mol. The van der Waals surface area contributed by atoms with Gasteiger partial charge < -0.3 is 4.42 Å². The standard InChI is InChI=1S/C22H12O3/c23-21-17-9-13-5-1-2-6-14(13)10-18(17)22(24)19(21)11-15-12-25-20-8-4-3-7-16(15)20/h1-12H. The van der Waals surface area contributed by atoms with Gasteiger partial charge in [0, 0.05) is 22.1 Å². The lowest BCUT2D eigenvalue weighted by molar-refractivity contribution is 0.0990. The van der Waals surface area contributed by atoms with Gasteiger partial charge in [-0.3, -0.25) is 9.59 Å². The molecular weight excluding hydrogens is 312 g/mol. The molecule has 4 aromatic rings. The maximum atomic E-state index is 12.8. The fourth-order valence-electron chi connectivity index (χ4n) is 3.41. The summed E-state index contributed by atoms with van der Waals surface area (Å²) < 4.78 is 5.50. The van der Waals surface area contributed by atoms with E-state index in [2.05, 4.69) is 0 Å². The van der Waals surface area contributed by atoms with E-state index < -0.39 is 0 Å². The number of hydrogen-bond donors (Lipinski definition) is 0. The topological polar surface area (TPSA) is 47.3 Å². The molecular formula is C22H12O3. The molecule has 0 spiro atoms. The van der Waals surface area contributed by atoms with E-state index in [0.29, 0.717) is 11.1 Å². The van der Waals surface area contributed by atoms with E-state index in [9.17, 15) is 9.59 Å². The summed E-state index contributed by atoms with van der Waals surface area (Å²) in [5, 5.41) is 2.80. The quantitative estimate of drug-likeness (QED) is 0.364. The second-order valence-corrected chi connectivity index (χ2v) is 6.15. The summed E-state index contributed by atoms with van der Waals surface area (Å²) in [6, 6.07) is 18.9. The predicted octanol–water partition coefficient (Wildman–Crippen LogP) is 5.05. The number of fused-ring (bicyclic) bond motifs is 3. The normalized spacial score (nSPS) is 13.7. The van der Waals surface area contributed by atoms with Gasteiger partial charge in [-0.2, -0.15) is 0 Å². The van der Waals surface area contributed by atoms with Crippen LogP contribution in [-0.2, 0) is 0 Å². The zero-order valence-electron chi connectivity index (χ0n) is 13.2. The fourth-order valence-corrected chi connectivity index (χ4v) is 3.41. The van der Waals surface area contributed by atoms with Crippen LogP contribution in [0.3, 0.4) is 0 Å². The van der Waals surface area contributed by atoms with Crippen molar-refractivity contribution in [2.45, 2.75) is 0 Å². The van der Waals surface area contributed by atoms with Crippen LogP contribution < -0.4 is 0 Å². The van der Waals surface area contributed by atoms with Gasteiger partial charge >= 0.3 is 0 Å². The highest BCUT2D eigenvalue weighted by Crippen LogP contribution is 2.33. The van der Waals surface area contributed by atoms with E-state index >= 15 is 0 Å². The Kier molecular flexibility index (Phi) is 2.80. The number of carbonyl (C=O) groups is 2. The third-order valence-electron chi connectivity index (χ3n) is 4.68. The van der Waals surface area contributed by atoms with E-state index in [1.807, 2.05) is 48.5 Å². The third kappa shape index (κ3) is 1.99. The van der Waals surface area contributed by atoms with E-state index in [1.54, 1.807) is 24.5 Å². The minimum atomic E-state index is -0.226. The third-order valence-corrected chi connectivity index (χ3v) is 4.68. The average Bonchev–Trinajstić information content (AvgIpc) is 3.16. The number of allylic oxidation sites excluding steroid dienone is 1. The molecule has 0 radical (unpaired) electrons. The second-order valence-electron chi connectivity index (χ2n) is 6.15. The highest BCUT2D eigenvalue weighted by atomic mass is 16.3. The Morgan fingerprint density at radius 3 is 2.04 bits per heavy atom. The maximum absolute atomic E-state index is 12.8. The maximum Gasteiger partial charge on any atom is 0.197 e. The number of para-hydroxylation sites is 1. The first-order chi connectivity index (χ1) is 12.2. The molecule has 0 atom stereocenters. The van der Waals surface area contributed by atoms with Crippen LogP contribution in [0.5, 0.6) is 0 Å². The Balaban J connectivity index is 1.69. The highest BCUT2D eigenvalue weighted by molar-refractivity contribution is 6.42. The average molecular weight is 324 g/mol. The molecule has 1 heterocycles. The molecule has 1 aromatic heterocycles. The van der Waals surface area contributed by atoms with Crippen LogP contribution in [0.25, 0.3) is 27.8 Å². The summed E-state index contributed by atoms with van der Waals surface area (Å²) in [5.41, 5.74) is 2.61. The second kappa shape index (κ2) is 5.02. The lowest BCUT2D eigenvalue weighted by Crippen LogP contribution is -1.99. The summed E-state index contributed by atoms with van der Waals surface area (Å²) in [7, 11) is 0. The molecule has 0 unspecified atom stereocenters. The van der Waals surface area contributed by atoms with Crippen molar-refractivity contribution >= 4 is 39.4 Å². The number of Topliss-reactive ketones (excluding diaryl/α,β-unsaturated/α-hetero) is 2. The lowest BCUT2D eigenvalue weighted by atomic mass is 10.0. The summed E-state index contributed by atoms with van der Waals surface area (Å²) in [4.78, 5) is 25.6. The van der Waals surface area contributed by atoms with Gasteiger partial charge in [-0.05, 0) is 35.0 Å². The van der Waals surface area contributed by atoms with Crippen LogP contribution in [0.4, 0.5) is 0 Å². The van der Waals surface area contributed by atoms with Gasteiger partial charge in [0.15, 0.2) is 11.6 Å². The van der Waals surface area contributed by atoms with Crippen molar-refractivity contribution in [3.8, 4) is 0 Å². The first kappa shape index (κ1) is 13.9. The molecule has 1 aliphatic carbocycles. The van der Waals surface area contributed by atoms with Crippen molar-refractivity contribution in [2.24, 2.45) is 0 Å². The van der Waals surface area contributed by atoms with Crippen molar-refractivity contribution in [2.75, 3.05) is 0 Å². The molecule has 0 bridgehead atoms. The van der Waals surface area contributed by atoms with E-state index in [4.69, 9.17) is 4.42 Å². The molecule has 0 fully saturated rings. The molecule has 0 saturated carbocycles. The fraction of sp³-hybridized carbons (Fsp3) is 0. The molecule has 3 heteroatoms. The van der Waals surface area contributed by atoms with E-state index in [1.165, 1.54) is 0 Å². The van der Waals surface area contributed by atoms with Gasteiger partial charge in [0.05, 0.1) is 11.8 Å². The number of rotatable bonds is 1. The summed E-state index contributed by atoms with van der Waals surface area (Å²) in [6.07, 6.45) is 3.22. The molecule has 3 aromatic carbocycles. The Labute approximate surface area is 143 Å². The molecule has 0 saturated heterocycles. The summed E-state index contributed by atoms with van der Waals surface area (Å²) >= 11 is 0. The smallest absolute Gasteiger partial charge is 0.197 e. The van der Waals surface area contributed by atoms with Crippen LogP contribution in [0.1, 0.15) is 26.3 Å². The van der Waals surface area contributed by atoms with Crippen molar-refractivity contribution in [1.29, 1.82) is 0 Å². The Hall–Kier alpha value is -3.46. The minimum Gasteiger partial charge on any atom is -0.464 e. The molecule has 25 heavy (non-hydrogen) atoms. The zero-order chi connectivity index (χ0) is 17.0. The zero-order valence-corrected chi connectivity index (χ0v) is 13.2. The molecule has 1 aliphatic rings. The first-order valence-corrected chi connectivity index (χ1v) is 8.02. The van der Waals surface area contributed by atoms with Gasteiger partial charge in [0.2, 0.25) is 0 Å². The summed E-state index contributed by atoms with van der Waals surface area (Å²) in [5.74, 6) is -0.452. The number of furan rings is 1. The van der Waals surface area contributed by atoms with Gasteiger partial charge in [0.25, 0.3) is 0 Å². The minimum absolute atomic E-state index is 0.192. The number of benzene rings is 3. The Morgan fingerprint density at radius 2 is 1.36 bits per heavy atom. The van der Waals surface area contributed by atoms with Gasteiger partial charge in [0.1, 0.15) is 5.58 Å². The van der Waals surface area contributed by atoms with E-state index in [0.717, 1.165) is 27.3 Å². The van der Waals surface area contributed by atoms with Crippen LogP contribution in [0, 0.1) is 0 Å². The largest absolute Gasteiger partial charge is 0.464 e. The Morgan fingerprint density at radius 1 is 0.760 bits per heavy atom. The molecule has 0 amide bonds. The van der Waals surface area contributed by atoms with Crippen LogP contribution >= 0.6 is 0 Å². The number of carbonyl (C=O) groups excluding carboxylic acids is 2. The summed E-state index contributed by atoms with van der Waals surface area (Å²) in [6.45, 7) is 0. The van der Waals surface area contributed by atoms with Crippen molar-refractivity contribution in [3.05, 3.63) is 89.2 Å². The van der Waals surface area contributed by atoms with Gasteiger partial charge in [-0.15, -0.1) is 0 Å².